The molecule has 1 amide bonds. The number of nitrogens with one attached hydrogen (secondary N) is 1. The highest BCUT2D eigenvalue weighted by atomic mass is 35.5. The standard InChI is InChI=1S/C14H17Cl2NO/c1-14(6-3-7-14)9-17-12(18)8-10-4-2-5-11(15)13(10)16/h2,4-5H,3,6-9H2,1H3,(H,17,18). The fraction of sp³-hybridized carbons (Fsp3) is 0.500. The van der Waals surface area contributed by atoms with Gasteiger partial charge in [0, 0.05) is 6.54 Å². The predicted molar refractivity (Wildman–Crippen MR) is 75.1 cm³/mol. The third-order valence-corrected chi connectivity index (χ3v) is 4.51. The van der Waals surface area contributed by atoms with Crippen molar-refractivity contribution in [2.24, 2.45) is 5.41 Å². The molecule has 0 atom stereocenters. The number of carbonyl (C=O) groups excluding carboxylic acids is 1. The molecule has 2 nitrogen and oxygen atoms in total. The van der Waals surface area contributed by atoms with Crippen LogP contribution in [0.2, 0.25) is 10.0 Å². The zero-order valence-corrected chi connectivity index (χ0v) is 11.9. The van der Waals surface area contributed by atoms with Crippen molar-refractivity contribution >= 4 is 29.1 Å². The van der Waals surface area contributed by atoms with Crippen molar-refractivity contribution in [3.8, 4) is 0 Å². The van der Waals surface area contributed by atoms with Gasteiger partial charge in [-0.05, 0) is 29.9 Å². The van der Waals surface area contributed by atoms with Gasteiger partial charge in [-0.25, -0.2) is 0 Å². The van der Waals surface area contributed by atoms with Crippen molar-refractivity contribution < 1.29 is 4.79 Å². The van der Waals surface area contributed by atoms with E-state index in [0.717, 1.165) is 12.1 Å². The number of halogens is 2. The van der Waals surface area contributed by atoms with Crippen LogP contribution in [-0.2, 0) is 11.2 Å². The summed E-state index contributed by atoms with van der Waals surface area (Å²) < 4.78 is 0. The van der Waals surface area contributed by atoms with Crippen LogP contribution in [0.5, 0.6) is 0 Å². The molecule has 1 aromatic carbocycles. The smallest absolute Gasteiger partial charge is 0.224 e. The Balaban J connectivity index is 1.89. The van der Waals surface area contributed by atoms with Crippen molar-refractivity contribution in [2.45, 2.75) is 32.6 Å². The van der Waals surface area contributed by atoms with Crippen molar-refractivity contribution in [3.63, 3.8) is 0 Å². The zero-order chi connectivity index (χ0) is 13.2. The summed E-state index contributed by atoms with van der Waals surface area (Å²) in [5.41, 5.74) is 1.08. The Kier molecular flexibility index (Phi) is 4.18. The monoisotopic (exact) mass is 285 g/mol. The van der Waals surface area contributed by atoms with Crippen LogP contribution in [0.3, 0.4) is 0 Å². The van der Waals surface area contributed by atoms with Crippen LogP contribution in [0, 0.1) is 5.41 Å². The predicted octanol–water partition coefficient (Wildman–Crippen LogP) is 3.84. The van der Waals surface area contributed by atoms with Crippen LogP contribution in [0.25, 0.3) is 0 Å². The number of rotatable bonds is 4. The van der Waals surface area contributed by atoms with E-state index in [1.165, 1.54) is 19.3 Å². The Morgan fingerprint density at radius 2 is 2.11 bits per heavy atom. The van der Waals surface area contributed by atoms with Gasteiger partial charge in [-0.3, -0.25) is 4.79 Å². The van der Waals surface area contributed by atoms with E-state index in [9.17, 15) is 4.79 Å². The summed E-state index contributed by atoms with van der Waals surface area (Å²) in [6.07, 6.45) is 3.96. The molecule has 0 radical (unpaired) electrons. The first kappa shape index (κ1) is 13.7. The molecule has 1 aliphatic rings. The fourth-order valence-corrected chi connectivity index (χ4v) is 2.58. The summed E-state index contributed by atoms with van der Waals surface area (Å²) in [5, 5.41) is 3.95. The topological polar surface area (TPSA) is 29.1 Å². The van der Waals surface area contributed by atoms with Crippen LogP contribution in [-0.4, -0.2) is 12.5 Å². The Hall–Kier alpha value is -0.730. The summed E-state index contributed by atoms with van der Waals surface area (Å²) in [6, 6.07) is 5.36. The largest absolute Gasteiger partial charge is 0.355 e. The van der Waals surface area contributed by atoms with Gasteiger partial charge in [0.05, 0.1) is 16.5 Å². The molecule has 2 rings (SSSR count). The molecule has 1 saturated carbocycles. The van der Waals surface area contributed by atoms with Crippen molar-refractivity contribution in [1.82, 2.24) is 5.32 Å². The summed E-state index contributed by atoms with van der Waals surface area (Å²) >= 11 is 12.0. The summed E-state index contributed by atoms with van der Waals surface area (Å²) in [6.45, 7) is 2.97. The highest BCUT2D eigenvalue weighted by Gasteiger charge is 2.31. The summed E-state index contributed by atoms with van der Waals surface area (Å²) in [7, 11) is 0. The van der Waals surface area contributed by atoms with Gasteiger partial charge < -0.3 is 5.32 Å². The van der Waals surface area contributed by atoms with Gasteiger partial charge in [-0.2, -0.15) is 0 Å². The lowest BCUT2D eigenvalue weighted by atomic mass is 9.70. The molecule has 98 valence electrons. The number of benzene rings is 1. The maximum absolute atomic E-state index is 11.8. The van der Waals surface area contributed by atoms with Gasteiger partial charge in [0.2, 0.25) is 5.91 Å². The molecular formula is C14H17Cl2NO. The molecule has 0 unspecified atom stereocenters. The lowest BCUT2D eigenvalue weighted by Crippen LogP contribution is -2.40. The zero-order valence-electron chi connectivity index (χ0n) is 10.4. The Morgan fingerprint density at radius 3 is 2.72 bits per heavy atom. The number of carbonyl (C=O) groups is 1. The summed E-state index contributed by atoms with van der Waals surface area (Å²) in [5.74, 6) is 0.00675. The van der Waals surface area contributed by atoms with Gasteiger partial charge >= 0.3 is 0 Å². The molecule has 1 N–H and O–H groups in total. The number of amides is 1. The molecule has 1 aromatic rings. The first-order chi connectivity index (χ1) is 8.50. The van der Waals surface area contributed by atoms with E-state index in [4.69, 9.17) is 23.2 Å². The van der Waals surface area contributed by atoms with Crippen LogP contribution in [0.1, 0.15) is 31.7 Å². The maximum atomic E-state index is 11.8. The second-order valence-corrected chi connectivity index (χ2v) is 6.12. The Morgan fingerprint density at radius 1 is 1.39 bits per heavy atom. The summed E-state index contributed by atoms with van der Waals surface area (Å²) in [4.78, 5) is 11.8. The molecule has 0 bridgehead atoms. The van der Waals surface area contributed by atoms with Gasteiger partial charge in [0.15, 0.2) is 0 Å². The Bertz CT molecular complexity index is 455. The van der Waals surface area contributed by atoms with E-state index >= 15 is 0 Å². The molecule has 4 heteroatoms. The lowest BCUT2D eigenvalue weighted by Gasteiger charge is -2.38. The second kappa shape index (κ2) is 5.50. The molecule has 0 aliphatic heterocycles. The van der Waals surface area contributed by atoms with E-state index in [1.54, 1.807) is 6.07 Å². The molecule has 0 heterocycles. The lowest BCUT2D eigenvalue weighted by molar-refractivity contribution is -0.121. The van der Waals surface area contributed by atoms with Crippen molar-refractivity contribution in [2.75, 3.05) is 6.54 Å². The number of hydrogen-bond donors (Lipinski definition) is 1. The molecule has 18 heavy (non-hydrogen) atoms. The van der Waals surface area contributed by atoms with E-state index in [2.05, 4.69) is 12.2 Å². The molecule has 0 spiro atoms. The molecule has 0 aromatic heterocycles. The fourth-order valence-electron chi connectivity index (χ4n) is 2.19. The van der Waals surface area contributed by atoms with Crippen LogP contribution in [0.15, 0.2) is 18.2 Å². The number of hydrogen-bond acceptors (Lipinski definition) is 1. The van der Waals surface area contributed by atoms with Gasteiger partial charge in [0.25, 0.3) is 0 Å². The maximum Gasteiger partial charge on any atom is 0.224 e. The van der Waals surface area contributed by atoms with Crippen molar-refractivity contribution in [1.29, 1.82) is 0 Å². The quantitative estimate of drug-likeness (QED) is 0.895. The van der Waals surface area contributed by atoms with E-state index in [0.29, 0.717) is 15.5 Å². The third kappa shape index (κ3) is 3.18. The minimum absolute atomic E-state index is 0.00675. The van der Waals surface area contributed by atoms with E-state index in [-0.39, 0.29) is 12.3 Å². The normalized spacial score (nSPS) is 17.1. The average Bonchev–Trinajstić information content (AvgIpc) is 2.30. The average molecular weight is 286 g/mol. The molecular weight excluding hydrogens is 269 g/mol. The van der Waals surface area contributed by atoms with E-state index in [1.807, 2.05) is 12.1 Å². The Labute approximate surface area is 118 Å². The first-order valence-corrected chi connectivity index (χ1v) is 6.95. The van der Waals surface area contributed by atoms with Gasteiger partial charge in [0.1, 0.15) is 0 Å². The second-order valence-electron chi connectivity index (χ2n) is 5.33. The van der Waals surface area contributed by atoms with Crippen LogP contribution >= 0.6 is 23.2 Å². The minimum Gasteiger partial charge on any atom is -0.355 e. The van der Waals surface area contributed by atoms with Crippen molar-refractivity contribution in [3.05, 3.63) is 33.8 Å². The third-order valence-electron chi connectivity index (χ3n) is 3.66. The van der Waals surface area contributed by atoms with Gasteiger partial charge in [-0.15, -0.1) is 0 Å². The molecule has 1 fully saturated rings. The first-order valence-electron chi connectivity index (χ1n) is 6.20. The van der Waals surface area contributed by atoms with E-state index < -0.39 is 0 Å². The SMILES string of the molecule is CC1(CNC(=O)Cc2cccc(Cl)c2Cl)CCC1. The highest BCUT2D eigenvalue weighted by molar-refractivity contribution is 6.42. The minimum atomic E-state index is 0.00675. The van der Waals surface area contributed by atoms with Gasteiger partial charge in [-0.1, -0.05) is 48.7 Å². The molecule has 1 aliphatic carbocycles. The van der Waals surface area contributed by atoms with Crippen LogP contribution < -0.4 is 5.32 Å². The highest BCUT2D eigenvalue weighted by Crippen LogP contribution is 2.39. The van der Waals surface area contributed by atoms with Crippen LogP contribution in [0.4, 0.5) is 0 Å². The molecule has 0 saturated heterocycles.